The number of fused-ring (bicyclic) bond motifs is 2. The molecular weight excluding hydrogens is 292 g/mol. The van der Waals surface area contributed by atoms with Crippen LogP contribution in [0, 0.1) is 0 Å². The second kappa shape index (κ2) is 5.46. The number of hydrogen-bond acceptors (Lipinski definition) is 5. The molecule has 23 heavy (non-hydrogen) atoms. The van der Waals surface area contributed by atoms with Crippen LogP contribution in [0.2, 0.25) is 0 Å². The molecule has 3 heterocycles. The van der Waals surface area contributed by atoms with Crippen molar-refractivity contribution in [1.29, 1.82) is 0 Å². The van der Waals surface area contributed by atoms with Gasteiger partial charge in [0.15, 0.2) is 17.1 Å². The molecule has 118 valence electrons. The topological polar surface area (TPSA) is 51.9 Å². The number of nitrogens with zero attached hydrogens (tertiary/aromatic N) is 4. The first kappa shape index (κ1) is 13.9. The van der Waals surface area contributed by atoms with Crippen LogP contribution in [0.25, 0.3) is 5.65 Å². The zero-order chi connectivity index (χ0) is 15.8. The lowest BCUT2D eigenvalue weighted by Crippen LogP contribution is -2.31. The van der Waals surface area contributed by atoms with Gasteiger partial charge in [0, 0.05) is 25.5 Å². The molecule has 0 fully saturated rings. The van der Waals surface area contributed by atoms with E-state index in [0.717, 1.165) is 42.5 Å². The first-order chi connectivity index (χ1) is 11.3. The largest absolute Gasteiger partial charge is 0.493 e. The fraction of sp³-hybridized carbons (Fsp3) is 0.294. The molecule has 0 N–H and O–H groups in total. The minimum Gasteiger partial charge on any atom is -0.493 e. The third kappa shape index (κ3) is 2.36. The third-order valence-electron chi connectivity index (χ3n) is 4.28. The van der Waals surface area contributed by atoms with Gasteiger partial charge in [0.2, 0.25) is 0 Å². The maximum absolute atomic E-state index is 5.42. The molecule has 0 spiro atoms. The highest BCUT2D eigenvalue weighted by Gasteiger charge is 2.20. The molecule has 3 aromatic rings. The van der Waals surface area contributed by atoms with Gasteiger partial charge in [-0.15, -0.1) is 5.10 Å². The van der Waals surface area contributed by atoms with Crippen molar-refractivity contribution in [3.63, 3.8) is 0 Å². The average molecular weight is 310 g/mol. The maximum atomic E-state index is 5.42. The summed E-state index contributed by atoms with van der Waals surface area (Å²) in [6, 6.07) is 8.16. The summed E-state index contributed by atoms with van der Waals surface area (Å²) in [5.74, 6) is 2.51. The van der Waals surface area contributed by atoms with E-state index in [2.05, 4.69) is 27.1 Å². The molecule has 0 amide bonds. The molecule has 4 rings (SSSR count). The molecule has 6 nitrogen and oxygen atoms in total. The van der Waals surface area contributed by atoms with Crippen LogP contribution >= 0.6 is 0 Å². The Labute approximate surface area is 134 Å². The van der Waals surface area contributed by atoms with Crippen molar-refractivity contribution in [2.45, 2.75) is 13.0 Å². The highest BCUT2D eigenvalue weighted by atomic mass is 16.5. The molecule has 0 radical (unpaired) electrons. The van der Waals surface area contributed by atoms with Gasteiger partial charge in [0.25, 0.3) is 0 Å². The Bertz CT molecular complexity index is 859. The van der Waals surface area contributed by atoms with E-state index in [1.807, 2.05) is 18.3 Å². The smallest absolute Gasteiger partial charge is 0.161 e. The molecule has 6 heteroatoms. The fourth-order valence-electron chi connectivity index (χ4n) is 3.05. The normalized spacial score (nSPS) is 13.9. The number of hydrogen-bond donors (Lipinski definition) is 0. The predicted molar refractivity (Wildman–Crippen MR) is 87.3 cm³/mol. The summed E-state index contributed by atoms with van der Waals surface area (Å²) < 4.78 is 12.6. The van der Waals surface area contributed by atoms with Crippen LogP contribution in [-0.2, 0) is 13.0 Å². The quantitative estimate of drug-likeness (QED) is 0.743. The molecule has 0 unspecified atom stereocenters. The average Bonchev–Trinajstić information content (AvgIpc) is 3.07. The predicted octanol–water partition coefficient (Wildman–Crippen LogP) is 2.31. The molecule has 2 aromatic heterocycles. The van der Waals surface area contributed by atoms with Crippen LogP contribution in [0.15, 0.2) is 36.7 Å². The second-order valence-electron chi connectivity index (χ2n) is 5.57. The second-order valence-corrected chi connectivity index (χ2v) is 5.57. The monoisotopic (exact) mass is 310 g/mol. The van der Waals surface area contributed by atoms with Crippen molar-refractivity contribution in [3.05, 3.63) is 47.8 Å². The number of methoxy groups -OCH3 is 2. The van der Waals surface area contributed by atoms with E-state index in [0.29, 0.717) is 0 Å². The van der Waals surface area contributed by atoms with Crippen molar-refractivity contribution >= 4 is 11.5 Å². The van der Waals surface area contributed by atoms with Gasteiger partial charge in [0.1, 0.15) is 5.82 Å². The number of benzene rings is 1. The Morgan fingerprint density at radius 2 is 1.83 bits per heavy atom. The van der Waals surface area contributed by atoms with Crippen molar-refractivity contribution in [3.8, 4) is 11.5 Å². The molecule has 0 saturated heterocycles. The molecule has 0 bridgehead atoms. The van der Waals surface area contributed by atoms with Crippen molar-refractivity contribution in [2.75, 3.05) is 25.7 Å². The summed E-state index contributed by atoms with van der Waals surface area (Å²) in [5.41, 5.74) is 3.42. The van der Waals surface area contributed by atoms with E-state index >= 15 is 0 Å². The molecule has 1 aliphatic rings. The summed E-state index contributed by atoms with van der Waals surface area (Å²) in [6.45, 7) is 1.73. The highest BCUT2D eigenvalue weighted by Crippen LogP contribution is 2.34. The number of aromatic nitrogens is 3. The number of anilines is 1. The molecule has 0 atom stereocenters. The van der Waals surface area contributed by atoms with Gasteiger partial charge in [-0.3, -0.25) is 0 Å². The lowest BCUT2D eigenvalue weighted by molar-refractivity contribution is 0.353. The van der Waals surface area contributed by atoms with Gasteiger partial charge in [-0.1, -0.05) is 0 Å². The number of imidazole rings is 1. The highest BCUT2D eigenvalue weighted by molar-refractivity contribution is 5.52. The molecular formula is C17H18N4O2. The van der Waals surface area contributed by atoms with E-state index < -0.39 is 0 Å². The van der Waals surface area contributed by atoms with Crippen LogP contribution < -0.4 is 14.4 Å². The first-order valence-electron chi connectivity index (χ1n) is 7.57. The first-order valence-corrected chi connectivity index (χ1v) is 7.57. The van der Waals surface area contributed by atoms with Crippen LogP contribution in [-0.4, -0.2) is 35.4 Å². The van der Waals surface area contributed by atoms with Gasteiger partial charge >= 0.3 is 0 Å². The van der Waals surface area contributed by atoms with E-state index in [1.54, 1.807) is 24.9 Å². The third-order valence-corrected chi connectivity index (χ3v) is 4.28. The fourth-order valence-corrected chi connectivity index (χ4v) is 3.05. The Balaban J connectivity index is 1.67. The summed E-state index contributed by atoms with van der Waals surface area (Å²) in [7, 11) is 3.34. The van der Waals surface area contributed by atoms with Crippen LogP contribution in [0.1, 0.15) is 11.1 Å². The van der Waals surface area contributed by atoms with Gasteiger partial charge in [-0.25, -0.2) is 9.50 Å². The standard InChI is InChI=1S/C17H18N4O2/c1-22-14-9-12-5-7-20(11-13(12)10-15(14)23-2)17-4-3-16-18-6-8-21(16)19-17/h3-4,6,8-10H,5,7,11H2,1-2H3. The summed E-state index contributed by atoms with van der Waals surface area (Å²) in [6.07, 6.45) is 4.58. The SMILES string of the molecule is COc1cc2c(cc1OC)CN(c1ccc3nccn3n1)CC2. The minimum atomic E-state index is 0.770. The van der Waals surface area contributed by atoms with Gasteiger partial charge in [0.05, 0.1) is 14.2 Å². The maximum Gasteiger partial charge on any atom is 0.161 e. The van der Waals surface area contributed by atoms with E-state index in [4.69, 9.17) is 9.47 Å². The number of rotatable bonds is 3. The van der Waals surface area contributed by atoms with Crippen molar-refractivity contribution in [2.24, 2.45) is 0 Å². The molecule has 1 aliphatic heterocycles. The minimum absolute atomic E-state index is 0.770. The lowest BCUT2D eigenvalue weighted by Gasteiger charge is -2.30. The molecule has 0 saturated carbocycles. The van der Waals surface area contributed by atoms with Crippen molar-refractivity contribution in [1.82, 2.24) is 14.6 Å². The summed E-state index contributed by atoms with van der Waals surface area (Å²) >= 11 is 0. The zero-order valence-electron chi connectivity index (χ0n) is 13.2. The van der Waals surface area contributed by atoms with Crippen LogP contribution in [0.3, 0.4) is 0 Å². The van der Waals surface area contributed by atoms with Crippen LogP contribution in [0.5, 0.6) is 11.5 Å². The summed E-state index contributed by atoms with van der Waals surface area (Å²) in [4.78, 5) is 6.51. The molecule has 0 aliphatic carbocycles. The number of ether oxygens (including phenoxy) is 2. The van der Waals surface area contributed by atoms with E-state index in [-0.39, 0.29) is 0 Å². The Morgan fingerprint density at radius 1 is 1.04 bits per heavy atom. The van der Waals surface area contributed by atoms with Crippen LogP contribution in [0.4, 0.5) is 5.82 Å². The lowest BCUT2D eigenvalue weighted by atomic mass is 9.99. The van der Waals surface area contributed by atoms with E-state index in [1.165, 1.54) is 11.1 Å². The molecule has 1 aromatic carbocycles. The van der Waals surface area contributed by atoms with Gasteiger partial charge in [-0.2, -0.15) is 0 Å². The zero-order valence-corrected chi connectivity index (χ0v) is 13.2. The summed E-state index contributed by atoms with van der Waals surface area (Å²) in [5, 5.41) is 4.63. The van der Waals surface area contributed by atoms with Gasteiger partial charge in [-0.05, 0) is 41.8 Å². The van der Waals surface area contributed by atoms with Crippen molar-refractivity contribution < 1.29 is 9.47 Å². The van der Waals surface area contributed by atoms with E-state index in [9.17, 15) is 0 Å². The Kier molecular flexibility index (Phi) is 3.29. The van der Waals surface area contributed by atoms with Gasteiger partial charge < -0.3 is 14.4 Å². The Hall–Kier alpha value is -2.76. The Morgan fingerprint density at radius 3 is 2.61 bits per heavy atom.